The molecule has 0 aromatic carbocycles. The number of hydrogen-bond acceptors (Lipinski definition) is 4. The number of nitrogen functional groups attached to an aromatic ring is 1. The highest BCUT2D eigenvalue weighted by atomic mass is 16.4. The van der Waals surface area contributed by atoms with E-state index in [4.69, 9.17) is 10.8 Å². The van der Waals surface area contributed by atoms with E-state index in [9.17, 15) is 9.59 Å². The van der Waals surface area contributed by atoms with Crippen molar-refractivity contribution in [1.29, 1.82) is 0 Å². The number of carboxylic acid groups (broad SMARTS) is 1. The van der Waals surface area contributed by atoms with Gasteiger partial charge >= 0.3 is 5.97 Å². The Kier molecular flexibility index (Phi) is 2.27. The average Bonchev–Trinajstić information content (AvgIpc) is 2.03. The van der Waals surface area contributed by atoms with Gasteiger partial charge in [0.05, 0.1) is 5.69 Å². The number of nitrogens with two attached hydrogens (primary N) is 1. The summed E-state index contributed by atoms with van der Waals surface area (Å²) < 4.78 is 0. The van der Waals surface area contributed by atoms with E-state index in [1.54, 1.807) is 0 Å². The Bertz CT molecular complexity index is 374. The fraction of sp³-hybridized carbons (Fsp3) is 0.125. The molecule has 1 heterocycles. The highest BCUT2D eigenvalue weighted by Gasteiger charge is 2.11. The SMILES string of the molecule is CC(=O)c1cnc(C(=O)O)c(N)c1. The van der Waals surface area contributed by atoms with Crippen molar-refractivity contribution in [2.75, 3.05) is 5.73 Å². The predicted molar refractivity (Wildman–Crippen MR) is 45.6 cm³/mol. The van der Waals surface area contributed by atoms with Crippen LogP contribution in [0.3, 0.4) is 0 Å². The standard InChI is InChI=1S/C8H8N2O3/c1-4(11)5-2-6(9)7(8(12)13)10-3-5/h2-3H,9H2,1H3,(H,12,13). The minimum absolute atomic E-state index is 0.000185. The number of anilines is 1. The number of carbonyl (C=O) groups excluding carboxylic acids is 1. The van der Waals surface area contributed by atoms with Gasteiger partial charge in [-0.1, -0.05) is 0 Å². The lowest BCUT2D eigenvalue weighted by Crippen LogP contribution is -2.07. The maximum absolute atomic E-state index is 10.8. The van der Waals surface area contributed by atoms with Crippen molar-refractivity contribution in [2.24, 2.45) is 0 Å². The second-order valence-electron chi connectivity index (χ2n) is 2.52. The molecule has 3 N–H and O–H groups in total. The topological polar surface area (TPSA) is 93.3 Å². The molecular weight excluding hydrogens is 172 g/mol. The monoisotopic (exact) mass is 180 g/mol. The van der Waals surface area contributed by atoms with Gasteiger partial charge < -0.3 is 10.8 Å². The van der Waals surface area contributed by atoms with Crippen molar-refractivity contribution < 1.29 is 14.7 Å². The predicted octanol–water partition coefficient (Wildman–Crippen LogP) is 0.565. The van der Waals surface area contributed by atoms with E-state index >= 15 is 0 Å². The molecule has 1 aromatic heterocycles. The summed E-state index contributed by atoms with van der Waals surface area (Å²) in [7, 11) is 0. The van der Waals surface area contributed by atoms with Crippen molar-refractivity contribution in [3.8, 4) is 0 Å². The summed E-state index contributed by atoms with van der Waals surface area (Å²) in [5, 5.41) is 8.57. The van der Waals surface area contributed by atoms with Crippen molar-refractivity contribution >= 4 is 17.4 Å². The molecule has 1 aromatic rings. The third kappa shape index (κ3) is 1.81. The van der Waals surface area contributed by atoms with Crippen LogP contribution in [0.4, 0.5) is 5.69 Å². The van der Waals surface area contributed by atoms with Gasteiger partial charge in [0, 0.05) is 11.8 Å². The first kappa shape index (κ1) is 9.18. The van der Waals surface area contributed by atoms with Gasteiger partial charge in [-0.2, -0.15) is 0 Å². The molecule has 0 aliphatic rings. The second-order valence-corrected chi connectivity index (χ2v) is 2.52. The van der Waals surface area contributed by atoms with Crippen LogP contribution >= 0.6 is 0 Å². The van der Waals surface area contributed by atoms with E-state index < -0.39 is 5.97 Å². The van der Waals surface area contributed by atoms with Crippen LogP contribution in [0.2, 0.25) is 0 Å². The molecule has 13 heavy (non-hydrogen) atoms. The van der Waals surface area contributed by atoms with Crippen LogP contribution in [0.1, 0.15) is 27.8 Å². The highest BCUT2D eigenvalue weighted by molar-refractivity contribution is 5.97. The van der Waals surface area contributed by atoms with Gasteiger partial charge in [0.15, 0.2) is 11.5 Å². The maximum atomic E-state index is 10.8. The zero-order valence-corrected chi connectivity index (χ0v) is 6.94. The molecule has 0 radical (unpaired) electrons. The lowest BCUT2D eigenvalue weighted by atomic mass is 10.2. The second kappa shape index (κ2) is 3.22. The van der Waals surface area contributed by atoms with Gasteiger partial charge in [0.25, 0.3) is 0 Å². The number of carbonyl (C=O) groups is 2. The molecule has 0 bridgehead atoms. The van der Waals surface area contributed by atoms with E-state index in [1.807, 2.05) is 0 Å². The van der Waals surface area contributed by atoms with E-state index in [2.05, 4.69) is 4.98 Å². The smallest absolute Gasteiger partial charge is 0.356 e. The van der Waals surface area contributed by atoms with Crippen LogP contribution in [-0.4, -0.2) is 21.8 Å². The van der Waals surface area contributed by atoms with Crippen LogP contribution in [0, 0.1) is 0 Å². The molecule has 0 spiro atoms. The minimum Gasteiger partial charge on any atom is -0.476 e. The van der Waals surface area contributed by atoms with Gasteiger partial charge in [-0.3, -0.25) is 4.79 Å². The lowest BCUT2D eigenvalue weighted by Gasteiger charge is -2.00. The molecule has 68 valence electrons. The minimum atomic E-state index is -1.20. The average molecular weight is 180 g/mol. The van der Waals surface area contributed by atoms with Crippen LogP contribution in [0.15, 0.2) is 12.3 Å². The van der Waals surface area contributed by atoms with Crippen molar-refractivity contribution in [2.45, 2.75) is 6.92 Å². The zero-order chi connectivity index (χ0) is 10.0. The summed E-state index contributed by atoms with van der Waals surface area (Å²) in [6, 6.07) is 1.30. The van der Waals surface area contributed by atoms with Gasteiger partial charge in [-0.25, -0.2) is 9.78 Å². The summed E-state index contributed by atoms with van der Waals surface area (Å²) >= 11 is 0. The fourth-order valence-corrected chi connectivity index (χ4v) is 0.853. The maximum Gasteiger partial charge on any atom is 0.356 e. The van der Waals surface area contributed by atoms with E-state index in [1.165, 1.54) is 19.2 Å². The fourth-order valence-electron chi connectivity index (χ4n) is 0.853. The molecule has 0 atom stereocenters. The van der Waals surface area contributed by atoms with Crippen LogP contribution < -0.4 is 5.73 Å². The van der Waals surface area contributed by atoms with Crippen LogP contribution in [0.25, 0.3) is 0 Å². The number of hydrogen-bond donors (Lipinski definition) is 2. The number of rotatable bonds is 2. The molecule has 0 unspecified atom stereocenters. The van der Waals surface area contributed by atoms with E-state index in [-0.39, 0.29) is 17.2 Å². The molecule has 0 fully saturated rings. The Labute approximate surface area is 74.2 Å². The first-order chi connectivity index (χ1) is 6.02. The Morgan fingerprint density at radius 2 is 2.15 bits per heavy atom. The molecule has 5 heteroatoms. The zero-order valence-electron chi connectivity index (χ0n) is 6.94. The summed E-state index contributed by atoms with van der Waals surface area (Å²) in [5.41, 5.74) is 5.44. The largest absolute Gasteiger partial charge is 0.476 e. The third-order valence-corrected chi connectivity index (χ3v) is 1.53. The van der Waals surface area contributed by atoms with Crippen LogP contribution in [-0.2, 0) is 0 Å². The van der Waals surface area contributed by atoms with Gasteiger partial charge in [-0.05, 0) is 13.0 Å². The Balaban J connectivity index is 3.20. The molecule has 5 nitrogen and oxygen atoms in total. The number of aromatic carboxylic acids is 1. The first-order valence-corrected chi connectivity index (χ1v) is 3.52. The van der Waals surface area contributed by atoms with Gasteiger partial charge in [0.1, 0.15) is 0 Å². The number of pyridine rings is 1. The molecule has 0 saturated heterocycles. The van der Waals surface area contributed by atoms with Crippen LogP contribution in [0.5, 0.6) is 0 Å². The van der Waals surface area contributed by atoms with Gasteiger partial charge in [-0.15, -0.1) is 0 Å². The van der Waals surface area contributed by atoms with E-state index in [0.717, 1.165) is 0 Å². The first-order valence-electron chi connectivity index (χ1n) is 3.52. The van der Waals surface area contributed by atoms with Crippen molar-refractivity contribution in [3.63, 3.8) is 0 Å². The third-order valence-electron chi connectivity index (χ3n) is 1.53. The molecular formula is C8H8N2O3. The molecule has 0 amide bonds. The van der Waals surface area contributed by atoms with E-state index in [0.29, 0.717) is 5.56 Å². The van der Waals surface area contributed by atoms with Crippen molar-refractivity contribution in [1.82, 2.24) is 4.98 Å². The summed E-state index contributed by atoms with van der Waals surface area (Å²) in [5.74, 6) is -1.40. The Hall–Kier alpha value is -1.91. The summed E-state index contributed by atoms with van der Waals surface area (Å²) in [6.07, 6.45) is 1.20. The molecule has 0 aliphatic heterocycles. The number of aromatic nitrogens is 1. The molecule has 1 rings (SSSR count). The quantitative estimate of drug-likeness (QED) is 0.648. The Morgan fingerprint density at radius 3 is 2.54 bits per heavy atom. The highest BCUT2D eigenvalue weighted by Crippen LogP contribution is 2.11. The van der Waals surface area contributed by atoms with Gasteiger partial charge in [0.2, 0.25) is 0 Å². The number of Topliss-reactive ketones (excluding diaryl/α,β-unsaturated/α-hetero) is 1. The lowest BCUT2D eigenvalue weighted by molar-refractivity contribution is 0.0691. The number of ketones is 1. The molecule has 0 aliphatic carbocycles. The number of carboxylic acids is 1. The molecule has 0 saturated carbocycles. The van der Waals surface area contributed by atoms with Crippen molar-refractivity contribution in [3.05, 3.63) is 23.5 Å². The summed E-state index contributed by atoms with van der Waals surface area (Å²) in [6.45, 7) is 1.36. The normalized spacial score (nSPS) is 9.62. The number of nitrogens with zero attached hydrogens (tertiary/aromatic N) is 1. The Morgan fingerprint density at radius 1 is 1.54 bits per heavy atom. The summed E-state index contributed by atoms with van der Waals surface area (Å²) in [4.78, 5) is 24.9.